The molecule has 81 valence electrons. The van der Waals surface area contributed by atoms with Crippen LogP contribution < -0.4 is 21.7 Å². The summed E-state index contributed by atoms with van der Waals surface area (Å²) in [5.74, 6) is -2.50. The number of nitrogens with one attached hydrogen (secondary N) is 1. The van der Waals surface area contributed by atoms with Gasteiger partial charge in [-0.3, -0.25) is 5.41 Å². The summed E-state index contributed by atoms with van der Waals surface area (Å²) in [5, 5.41) is 23.8. The molecule has 0 spiro atoms. The Kier molecular flexibility index (Phi) is 29.6. The Hall–Kier alpha value is -1.27. The molecule has 0 aliphatic rings. The number of nitrogens with two attached hydrogens (primary N) is 2. The van der Waals surface area contributed by atoms with Crippen LogP contribution in [-0.4, -0.2) is 17.9 Å². The van der Waals surface area contributed by atoms with E-state index in [0.717, 1.165) is 13.8 Å². The molecular weight excluding hydrogens is 230 g/mol. The molecule has 7 nitrogen and oxygen atoms in total. The minimum absolute atomic E-state index is 0. The van der Waals surface area contributed by atoms with Crippen molar-refractivity contribution in [3.8, 4) is 0 Å². The molecule has 0 saturated carbocycles. The molecule has 0 aromatic heterocycles. The number of carbonyl (C=O) groups excluding carboxylic acids is 2. The van der Waals surface area contributed by atoms with Crippen LogP contribution in [0, 0.1) is 5.41 Å². The van der Waals surface area contributed by atoms with E-state index < -0.39 is 11.9 Å². The minimum atomic E-state index is -1.08. The summed E-state index contributed by atoms with van der Waals surface area (Å²) < 4.78 is 0. The molecule has 0 atom stereocenters. The van der Waals surface area contributed by atoms with Crippen LogP contribution in [0.3, 0.4) is 0 Å². The average molecular weight is 241 g/mol. The van der Waals surface area contributed by atoms with Crippen molar-refractivity contribution in [3.63, 3.8) is 0 Å². The topological polar surface area (TPSA) is 156 Å². The van der Waals surface area contributed by atoms with E-state index >= 15 is 0 Å². The summed E-state index contributed by atoms with van der Waals surface area (Å²) in [6, 6.07) is 0. The summed E-state index contributed by atoms with van der Waals surface area (Å²) in [4.78, 5) is 17.8. The fourth-order valence-corrected chi connectivity index (χ4v) is 0. The Balaban J connectivity index is -0.0000000450. The van der Waals surface area contributed by atoms with Crippen LogP contribution in [0.4, 0.5) is 0 Å². The Bertz CT molecular complexity index is 121. The second kappa shape index (κ2) is 17.0. The molecule has 0 heterocycles. The number of rotatable bonds is 0. The van der Waals surface area contributed by atoms with E-state index in [1.54, 1.807) is 0 Å². The number of carboxylic acids is 2. The van der Waals surface area contributed by atoms with Gasteiger partial charge in [-0.15, -0.1) is 0 Å². The Morgan fingerprint density at radius 1 is 1.08 bits per heavy atom. The minimum Gasteiger partial charge on any atom is -0.550 e. The van der Waals surface area contributed by atoms with E-state index in [0.29, 0.717) is 0 Å². The molecule has 0 aliphatic heterocycles. The van der Waals surface area contributed by atoms with Gasteiger partial charge in [-0.05, 0) is 13.8 Å². The van der Waals surface area contributed by atoms with Crippen LogP contribution in [0.15, 0.2) is 0 Å². The Labute approximate surface area is 86.1 Å². The molecule has 0 bridgehead atoms. The normalized spacial score (nSPS) is 5.69. The van der Waals surface area contributed by atoms with E-state index in [4.69, 9.17) is 25.2 Å². The van der Waals surface area contributed by atoms with E-state index in [-0.39, 0.29) is 23.0 Å². The summed E-state index contributed by atoms with van der Waals surface area (Å²) in [5.41, 5.74) is 8.94. The monoisotopic (exact) mass is 240 g/mol. The molecule has 0 unspecified atom stereocenters. The molecule has 8 heteroatoms. The maximum Gasteiger partial charge on any atom is 2.00 e. The molecular formula is C5H11CuN3O4. The van der Waals surface area contributed by atoms with E-state index in [2.05, 4.69) is 11.5 Å². The van der Waals surface area contributed by atoms with Gasteiger partial charge in [0.05, 0.1) is 0 Å². The van der Waals surface area contributed by atoms with Crippen LogP contribution in [0.1, 0.15) is 13.8 Å². The van der Waals surface area contributed by atoms with Gasteiger partial charge in [-0.2, -0.15) is 0 Å². The zero-order chi connectivity index (χ0) is 10.7. The predicted molar refractivity (Wildman–Crippen MR) is 37.5 cm³/mol. The van der Waals surface area contributed by atoms with E-state index in [9.17, 15) is 0 Å². The molecule has 1 radical (unpaired) electrons. The second-order valence-corrected chi connectivity index (χ2v) is 1.44. The Morgan fingerprint density at radius 3 is 1.08 bits per heavy atom. The van der Waals surface area contributed by atoms with Crippen molar-refractivity contribution in [1.82, 2.24) is 0 Å². The summed E-state index contributed by atoms with van der Waals surface area (Å²) in [7, 11) is 0. The smallest absolute Gasteiger partial charge is 0.550 e. The van der Waals surface area contributed by atoms with Gasteiger partial charge in [0.1, 0.15) is 0 Å². The summed E-state index contributed by atoms with van der Waals surface area (Å²) >= 11 is 0. The first-order chi connectivity index (χ1) is 5.20. The number of hydrogen-bond acceptors (Lipinski definition) is 5. The van der Waals surface area contributed by atoms with Crippen LogP contribution in [0.25, 0.3) is 0 Å². The third-order valence-corrected chi connectivity index (χ3v) is 0. The van der Waals surface area contributed by atoms with Gasteiger partial charge in [-0.25, -0.2) is 0 Å². The first-order valence-electron chi connectivity index (χ1n) is 2.64. The third-order valence-electron chi connectivity index (χ3n) is 0. The van der Waals surface area contributed by atoms with Crippen LogP contribution in [0.2, 0.25) is 0 Å². The zero-order valence-corrected chi connectivity index (χ0v) is 8.03. The zero-order valence-electron chi connectivity index (χ0n) is 7.09. The number of carbonyl (C=O) groups is 2. The molecule has 0 aromatic carbocycles. The van der Waals surface area contributed by atoms with Crippen molar-refractivity contribution < 1.29 is 36.9 Å². The van der Waals surface area contributed by atoms with Crippen molar-refractivity contribution in [2.24, 2.45) is 11.5 Å². The fraction of sp³-hybridized carbons (Fsp3) is 0.400. The van der Waals surface area contributed by atoms with Crippen LogP contribution in [-0.2, 0) is 26.7 Å². The molecule has 0 fully saturated rings. The van der Waals surface area contributed by atoms with Gasteiger partial charge < -0.3 is 31.3 Å². The van der Waals surface area contributed by atoms with E-state index in [1.165, 1.54) is 0 Å². The molecule has 13 heavy (non-hydrogen) atoms. The van der Waals surface area contributed by atoms with Crippen LogP contribution in [0.5, 0.6) is 0 Å². The molecule has 0 aliphatic carbocycles. The summed E-state index contributed by atoms with van der Waals surface area (Å²) in [6.07, 6.45) is 0. The van der Waals surface area contributed by atoms with Crippen molar-refractivity contribution in [2.75, 3.05) is 0 Å². The standard InChI is InChI=1S/2C2H4O2.CH5N3.Cu/c2*1-2(3)4;2-1(3)4;/h2*1H3,(H,3,4);(H5,2,3,4);/q;;;+2/p-2. The number of carboxylic acid groups (broad SMARTS) is 2. The maximum absolute atomic E-state index is 8.89. The van der Waals surface area contributed by atoms with Crippen molar-refractivity contribution >= 4 is 17.9 Å². The van der Waals surface area contributed by atoms with Crippen molar-refractivity contribution in [2.45, 2.75) is 13.8 Å². The molecule has 5 N–H and O–H groups in total. The Morgan fingerprint density at radius 2 is 1.08 bits per heavy atom. The van der Waals surface area contributed by atoms with Gasteiger partial charge in [0.15, 0.2) is 5.96 Å². The SMILES string of the molecule is CC(=O)[O-].CC(=O)[O-].N=C(N)N.[Cu+2]. The molecule has 0 aromatic rings. The largest absolute Gasteiger partial charge is 2.00 e. The number of hydrogen-bond donors (Lipinski definition) is 3. The fourth-order valence-electron chi connectivity index (χ4n) is 0. The maximum atomic E-state index is 8.89. The number of guanidine groups is 1. The summed E-state index contributed by atoms with van der Waals surface area (Å²) in [6.45, 7) is 1.94. The average Bonchev–Trinajstić information content (AvgIpc) is 1.54. The van der Waals surface area contributed by atoms with Crippen molar-refractivity contribution in [3.05, 3.63) is 0 Å². The molecule has 0 saturated heterocycles. The van der Waals surface area contributed by atoms with Gasteiger partial charge in [0.25, 0.3) is 0 Å². The van der Waals surface area contributed by atoms with E-state index in [1.807, 2.05) is 0 Å². The van der Waals surface area contributed by atoms with Gasteiger partial charge >= 0.3 is 17.1 Å². The van der Waals surface area contributed by atoms with Crippen LogP contribution >= 0.6 is 0 Å². The van der Waals surface area contributed by atoms with Gasteiger partial charge in [0, 0.05) is 11.9 Å². The van der Waals surface area contributed by atoms with Gasteiger partial charge in [-0.1, -0.05) is 0 Å². The van der Waals surface area contributed by atoms with Gasteiger partial charge in [0.2, 0.25) is 0 Å². The first kappa shape index (κ1) is 22.6. The number of aliphatic carboxylic acids is 2. The quantitative estimate of drug-likeness (QED) is 0.225. The first-order valence-corrected chi connectivity index (χ1v) is 2.64. The predicted octanol–water partition coefficient (Wildman–Crippen LogP) is -3.65. The third kappa shape index (κ3) is 507. The van der Waals surface area contributed by atoms with Crippen molar-refractivity contribution in [1.29, 1.82) is 5.41 Å². The molecule has 0 rings (SSSR count). The molecule has 0 amide bonds. The second-order valence-electron chi connectivity index (χ2n) is 1.44.